The Labute approximate surface area is 134 Å². The standard InChI is InChI=1S/C17H20N2O4/c1-17(2)16(22)15(19-11(9-20)4-6-14(19)21)12-7-10(8-18)3-5-13(12)23-17/h3,5,7,11,15-16,20,22H,4,6,9H2,1-2H3/t11-,15?,16-/m0/s1. The van der Waals surface area contributed by atoms with Gasteiger partial charge in [0, 0.05) is 12.0 Å². The zero-order valence-electron chi connectivity index (χ0n) is 13.2. The van der Waals surface area contributed by atoms with Crippen molar-refractivity contribution in [2.24, 2.45) is 0 Å². The van der Waals surface area contributed by atoms with Crippen LogP contribution in [0.4, 0.5) is 0 Å². The fraction of sp³-hybridized carbons (Fsp3) is 0.529. The molecule has 0 saturated carbocycles. The van der Waals surface area contributed by atoms with Crippen LogP contribution in [0.2, 0.25) is 0 Å². The van der Waals surface area contributed by atoms with Gasteiger partial charge in [0.25, 0.3) is 0 Å². The Morgan fingerprint density at radius 1 is 1.48 bits per heavy atom. The van der Waals surface area contributed by atoms with Crippen molar-refractivity contribution in [2.75, 3.05) is 6.61 Å². The summed E-state index contributed by atoms with van der Waals surface area (Å²) in [5.41, 5.74) is 0.176. The second kappa shape index (κ2) is 5.52. The van der Waals surface area contributed by atoms with Crippen molar-refractivity contribution in [3.63, 3.8) is 0 Å². The number of aliphatic hydroxyl groups is 2. The molecule has 2 aliphatic heterocycles. The Morgan fingerprint density at radius 3 is 2.87 bits per heavy atom. The molecule has 0 radical (unpaired) electrons. The number of fused-ring (bicyclic) bond motifs is 1. The lowest BCUT2D eigenvalue weighted by Crippen LogP contribution is -2.55. The molecule has 1 aromatic carbocycles. The highest BCUT2D eigenvalue weighted by Gasteiger charge is 2.49. The molecule has 3 rings (SSSR count). The van der Waals surface area contributed by atoms with Crippen LogP contribution >= 0.6 is 0 Å². The lowest BCUT2D eigenvalue weighted by Gasteiger charge is -2.46. The second-order valence-electron chi connectivity index (χ2n) is 6.64. The minimum atomic E-state index is -0.958. The number of carbonyl (C=O) groups excluding carboxylic acids is 1. The summed E-state index contributed by atoms with van der Waals surface area (Å²) in [6.07, 6.45) is -0.0455. The molecule has 3 atom stereocenters. The van der Waals surface area contributed by atoms with E-state index < -0.39 is 17.7 Å². The van der Waals surface area contributed by atoms with Crippen molar-refractivity contribution in [2.45, 2.75) is 50.5 Å². The second-order valence-corrected chi connectivity index (χ2v) is 6.64. The highest BCUT2D eigenvalue weighted by Crippen LogP contribution is 2.45. The van der Waals surface area contributed by atoms with Gasteiger partial charge in [-0.05, 0) is 38.5 Å². The average molecular weight is 316 g/mol. The van der Waals surface area contributed by atoms with Crippen molar-refractivity contribution < 1.29 is 19.7 Å². The van der Waals surface area contributed by atoms with Gasteiger partial charge in [-0.3, -0.25) is 4.79 Å². The average Bonchev–Trinajstić information content (AvgIpc) is 2.89. The molecule has 122 valence electrons. The van der Waals surface area contributed by atoms with E-state index in [1.54, 1.807) is 36.9 Å². The number of nitriles is 1. The predicted octanol–water partition coefficient (Wildman–Crippen LogP) is 1.11. The van der Waals surface area contributed by atoms with Crippen LogP contribution in [0, 0.1) is 11.3 Å². The summed E-state index contributed by atoms with van der Waals surface area (Å²) in [6.45, 7) is 3.38. The van der Waals surface area contributed by atoms with E-state index in [2.05, 4.69) is 6.07 Å². The van der Waals surface area contributed by atoms with Crippen LogP contribution in [0.5, 0.6) is 5.75 Å². The number of nitrogens with zero attached hydrogens (tertiary/aromatic N) is 2. The van der Waals surface area contributed by atoms with Gasteiger partial charge in [-0.25, -0.2) is 0 Å². The van der Waals surface area contributed by atoms with Crippen molar-refractivity contribution in [3.05, 3.63) is 29.3 Å². The van der Waals surface area contributed by atoms with Gasteiger partial charge in [-0.15, -0.1) is 0 Å². The number of aliphatic hydroxyl groups excluding tert-OH is 2. The third-order valence-electron chi connectivity index (χ3n) is 4.73. The van der Waals surface area contributed by atoms with Crippen LogP contribution in [0.1, 0.15) is 43.9 Å². The van der Waals surface area contributed by atoms with E-state index in [-0.39, 0.29) is 18.6 Å². The maximum Gasteiger partial charge on any atom is 0.223 e. The number of carbonyl (C=O) groups is 1. The highest BCUT2D eigenvalue weighted by molar-refractivity contribution is 5.79. The maximum absolute atomic E-state index is 12.4. The molecule has 6 heteroatoms. The first-order valence-corrected chi connectivity index (χ1v) is 7.72. The molecule has 0 bridgehead atoms. The Kier molecular flexibility index (Phi) is 3.78. The molecule has 2 heterocycles. The molecule has 0 aliphatic carbocycles. The van der Waals surface area contributed by atoms with E-state index in [0.29, 0.717) is 29.7 Å². The highest BCUT2D eigenvalue weighted by atomic mass is 16.5. The molecule has 1 unspecified atom stereocenters. The van der Waals surface area contributed by atoms with E-state index in [4.69, 9.17) is 10.00 Å². The Balaban J connectivity index is 2.14. The van der Waals surface area contributed by atoms with Crippen LogP contribution in [0.15, 0.2) is 18.2 Å². The SMILES string of the molecule is CC1(C)Oc2ccc(C#N)cc2C(N2C(=O)CC[C@H]2CO)[C@@H]1O. The van der Waals surface area contributed by atoms with Gasteiger partial charge < -0.3 is 19.8 Å². The number of likely N-dealkylation sites (tertiary alicyclic amines) is 1. The lowest BCUT2D eigenvalue weighted by molar-refractivity contribution is -0.144. The lowest BCUT2D eigenvalue weighted by atomic mass is 9.84. The molecule has 0 aromatic heterocycles. The molecule has 2 aliphatic rings. The molecular formula is C17H20N2O4. The Bertz CT molecular complexity index is 680. The Hall–Kier alpha value is -2.10. The van der Waals surface area contributed by atoms with Gasteiger partial charge >= 0.3 is 0 Å². The number of hydrogen-bond acceptors (Lipinski definition) is 5. The van der Waals surface area contributed by atoms with Crippen LogP contribution in [0.25, 0.3) is 0 Å². The van der Waals surface area contributed by atoms with Crippen molar-refractivity contribution in [1.29, 1.82) is 5.26 Å². The van der Waals surface area contributed by atoms with Crippen molar-refractivity contribution in [1.82, 2.24) is 4.90 Å². The number of ether oxygens (including phenoxy) is 1. The number of rotatable bonds is 2. The first-order valence-electron chi connectivity index (χ1n) is 7.72. The van der Waals surface area contributed by atoms with Gasteiger partial charge in [0.05, 0.1) is 30.3 Å². The van der Waals surface area contributed by atoms with E-state index in [1.807, 2.05) is 0 Å². The fourth-order valence-corrected chi connectivity index (χ4v) is 3.46. The van der Waals surface area contributed by atoms with Crippen LogP contribution in [-0.2, 0) is 4.79 Å². The molecular weight excluding hydrogens is 296 g/mol. The third-order valence-corrected chi connectivity index (χ3v) is 4.73. The molecule has 1 aromatic rings. The summed E-state index contributed by atoms with van der Waals surface area (Å²) in [7, 11) is 0. The summed E-state index contributed by atoms with van der Waals surface area (Å²) in [4.78, 5) is 13.9. The molecule has 1 fully saturated rings. The summed E-state index contributed by atoms with van der Waals surface area (Å²) < 4.78 is 5.87. The molecule has 6 nitrogen and oxygen atoms in total. The summed E-state index contributed by atoms with van der Waals surface area (Å²) in [6, 6.07) is 6.12. The van der Waals surface area contributed by atoms with E-state index in [1.165, 1.54) is 0 Å². The quantitative estimate of drug-likeness (QED) is 0.852. The third kappa shape index (κ3) is 2.46. The smallest absolute Gasteiger partial charge is 0.223 e. The van der Waals surface area contributed by atoms with Crippen molar-refractivity contribution in [3.8, 4) is 11.8 Å². The van der Waals surface area contributed by atoms with Gasteiger partial charge in [0.1, 0.15) is 17.5 Å². The van der Waals surface area contributed by atoms with E-state index in [0.717, 1.165) is 0 Å². The van der Waals surface area contributed by atoms with Crippen LogP contribution < -0.4 is 4.74 Å². The van der Waals surface area contributed by atoms with E-state index >= 15 is 0 Å². The number of benzene rings is 1. The van der Waals surface area contributed by atoms with Gasteiger partial charge in [-0.1, -0.05) is 0 Å². The van der Waals surface area contributed by atoms with Gasteiger partial charge in [0.15, 0.2) is 0 Å². The normalized spacial score (nSPS) is 28.9. The molecule has 2 N–H and O–H groups in total. The largest absolute Gasteiger partial charge is 0.485 e. The summed E-state index contributed by atoms with van der Waals surface area (Å²) in [5, 5.41) is 29.5. The predicted molar refractivity (Wildman–Crippen MR) is 81.6 cm³/mol. The minimum Gasteiger partial charge on any atom is -0.485 e. The fourth-order valence-electron chi connectivity index (χ4n) is 3.46. The first kappa shape index (κ1) is 15.8. The maximum atomic E-state index is 12.4. The molecule has 23 heavy (non-hydrogen) atoms. The minimum absolute atomic E-state index is 0.0980. The number of hydrogen-bond donors (Lipinski definition) is 2. The topological polar surface area (TPSA) is 93.8 Å². The summed E-state index contributed by atoms with van der Waals surface area (Å²) in [5.74, 6) is 0.458. The van der Waals surface area contributed by atoms with E-state index in [9.17, 15) is 15.0 Å². The monoisotopic (exact) mass is 316 g/mol. The summed E-state index contributed by atoms with van der Waals surface area (Å²) >= 11 is 0. The van der Waals surface area contributed by atoms with Crippen LogP contribution in [-0.4, -0.2) is 45.4 Å². The van der Waals surface area contributed by atoms with Crippen LogP contribution in [0.3, 0.4) is 0 Å². The molecule has 1 saturated heterocycles. The molecule has 0 spiro atoms. The van der Waals surface area contributed by atoms with Gasteiger partial charge in [-0.2, -0.15) is 5.26 Å². The first-order chi connectivity index (χ1) is 10.9. The zero-order chi connectivity index (χ0) is 16.8. The zero-order valence-corrected chi connectivity index (χ0v) is 13.2. The van der Waals surface area contributed by atoms with Gasteiger partial charge in [0.2, 0.25) is 5.91 Å². The number of amides is 1. The molecule has 1 amide bonds. The Morgan fingerprint density at radius 2 is 2.22 bits per heavy atom. The van der Waals surface area contributed by atoms with Crippen molar-refractivity contribution >= 4 is 5.91 Å².